The van der Waals surface area contributed by atoms with Crippen LogP contribution in [0.25, 0.3) is 27.8 Å². The van der Waals surface area contributed by atoms with E-state index in [1.54, 1.807) is 35.1 Å². The summed E-state index contributed by atoms with van der Waals surface area (Å²) in [7, 11) is -3.89. The number of rotatable bonds is 4. The Bertz CT molecular complexity index is 1490. The molecule has 4 rings (SSSR count). The number of carbonyl (C=O) groups excluding carboxylic acids is 1. The summed E-state index contributed by atoms with van der Waals surface area (Å²) in [6.07, 6.45) is 0.775. The second-order valence-corrected chi connectivity index (χ2v) is 9.51. The normalized spacial score (nSPS) is 11.7. The second kappa shape index (κ2) is 8.16. The van der Waals surface area contributed by atoms with E-state index < -0.39 is 33.1 Å². The molecule has 0 radical (unpaired) electrons. The number of carbonyl (C=O) groups is 1. The van der Waals surface area contributed by atoms with Gasteiger partial charge in [-0.15, -0.1) is 0 Å². The highest BCUT2D eigenvalue weighted by Gasteiger charge is 2.21. The molecule has 1 amide bonds. The highest BCUT2D eigenvalue weighted by molar-refractivity contribution is 7.89. The van der Waals surface area contributed by atoms with Gasteiger partial charge in [-0.3, -0.25) is 4.79 Å². The molecule has 11 heteroatoms. The molecule has 4 aromatic rings. The predicted molar refractivity (Wildman–Crippen MR) is 119 cm³/mol. The second-order valence-electron chi connectivity index (χ2n) is 6.92. The van der Waals surface area contributed by atoms with Crippen molar-refractivity contribution in [3.05, 3.63) is 81.8 Å². The summed E-state index contributed by atoms with van der Waals surface area (Å²) < 4.78 is 53.8. The quantitative estimate of drug-likeness (QED) is 0.433. The first-order valence-electron chi connectivity index (χ1n) is 8.99. The van der Waals surface area contributed by atoms with Crippen LogP contribution in [0.15, 0.2) is 54.6 Å². The Morgan fingerprint density at radius 1 is 1.03 bits per heavy atom. The van der Waals surface area contributed by atoms with Crippen molar-refractivity contribution in [2.24, 2.45) is 0 Å². The van der Waals surface area contributed by atoms with Gasteiger partial charge in [0.05, 0.1) is 28.0 Å². The molecule has 1 N–H and O–H groups in total. The minimum atomic E-state index is -3.89. The van der Waals surface area contributed by atoms with Gasteiger partial charge in [0.2, 0.25) is 10.0 Å². The van der Waals surface area contributed by atoms with Gasteiger partial charge in [0.1, 0.15) is 17.3 Å². The molecule has 0 aliphatic rings. The Hall–Kier alpha value is -3.01. The van der Waals surface area contributed by atoms with Gasteiger partial charge >= 0.3 is 0 Å². The number of hydrogen-bond acceptors (Lipinski definition) is 4. The van der Waals surface area contributed by atoms with E-state index in [1.165, 1.54) is 16.8 Å². The summed E-state index contributed by atoms with van der Waals surface area (Å²) >= 11 is 12.5. The van der Waals surface area contributed by atoms with E-state index in [4.69, 9.17) is 23.2 Å². The molecule has 1 heterocycles. The molecule has 0 spiro atoms. The third-order valence-corrected chi connectivity index (χ3v) is 5.64. The zero-order valence-electron chi connectivity index (χ0n) is 16.2. The summed E-state index contributed by atoms with van der Waals surface area (Å²) in [5.41, 5.74) is 1.16. The van der Waals surface area contributed by atoms with Crippen LogP contribution in [0.1, 0.15) is 10.4 Å². The van der Waals surface area contributed by atoms with E-state index >= 15 is 0 Å². The first kappa shape index (κ1) is 22.2. The van der Waals surface area contributed by atoms with E-state index in [2.05, 4.69) is 5.10 Å². The minimum absolute atomic E-state index is 0.0462. The molecule has 1 aromatic heterocycles. The van der Waals surface area contributed by atoms with Gasteiger partial charge in [0.15, 0.2) is 0 Å². The van der Waals surface area contributed by atoms with Crippen molar-refractivity contribution >= 4 is 50.0 Å². The van der Waals surface area contributed by atoms with Crippen LogP contribution in [-0.2, 0) is 10.0 Å². The number of amides is 1. The van der Waals surface area contributed by atoms with Gasteiger partial charge in [-0.25, -0.2) is 26.6 Å². The van der Waals surface area contributed by atoms with Crippen molar-refractivity contribution in [1.29, 1.82) is 0 Å². The fourth-order valence-corrected chi connectivity index (χ4v) is 4.05. The molecule has 3 aromatic carbocycles. The summed E-state index contributed by atoms with van der Waals surface area (Å²) in [5, 5.41) is 5.52. The Morgan fingerprint density at radius 2 is 1.72 bits per heavy atom. The largest absolute Gasteiger partial charge is 0.268 e. The highest BCUT2D eigenvalue weighted by Crippen LogP contribution is 2.34. The Balaban J connectivity index is 1.90. The zero-order valence-corrected chi connectivity index (χ0v) is 18.6. The zero-order chi connectivity index (χ0) is 23.2. The van der Waals surface area contributed by atoms with Crippen LogP contribution in [0.5, 0.6) is 0 Å². The minimum Gasteiger partial charge on any atom is -0.268 e. The molecule has 0 saturated carbocycles. The van der Waals surface area contributed by atoms with Gasteiger partial charge in [-0.1, -0.05) is 23.2 Å². The molecule has 164 valence electrons. The van der Waals surface area contributed by atoms with Crippen molar-refractivity contribution in [3.8, 4) is 16.9 Å². The monoisotopic (exact) mass is 495 g/mol. The molecule has 0 atom stereocenters. The standard InChI is InChI=1S/C21H13Cl2F2N3O3S/c1-32(30,31)27-21(29)14-9-16(23)19(10-17(14)25)28-18-7-4-12(22)8-15(18)20(26-28)11-2-5-13(24)6-3-11/h2-10H,1H3,(H,27,29). The summed E-state index contributed by atoms with van der Waals surface area (Å²) in [6, 6.07) is 12.6. The third kappa shape index (κ3) is 4.32. The van der Waals surface area contributed by atoms with Gasteiger partial charge in [-0.05, 0) is 48.5 Å². The molecule has 0 bridgehead atoms. The van der Waals surface area contributed by atoms with Crippen LogP contribution in [0.4, 0.5) is 8.78 Å². The fourth-order valence-electron chi connectivity index (χ4n) is 3.19. The van der Waals surface area contributed by atoms with Crippen molar-refractivity contribution < 1.29 is 22.0 Å². The highest BCUT2D eigenvalue weighted by atomic mass is 35.5. The SMILES string of the molecule is CS(=O)(=O)NC(=O)c1cc(Cl)c(-n2nc(-c3ccc(F)cc3)c3cc(Cl)ccc32)cc1F. The van der Waals surface area contributed by atoms with Crippen molar-refractivity contribution in [3.63, 3.8) is 0 Å². The smallest absolute Gasteiger partial charge is 0.267 e. The Kier molecular flexibility index (Phi) is 5.66. The lowest BCUT2D eigenvalue weighted by atomic mass is 10.1. The molecule has 0 saturated heterocycles. The van der Waals surface area contributed by atoms with E-state index in [0.717, 1.165) is 18.4 Å². The maximum atomic E-state index is 14.8. The van der Waals surface area contributed by atoms with E-state index in [9.17, 15) is 22.0 Å². The number of nitrogens with zero attached hydrogens (tertiary/aromatic N) is 2. The number of hydrogen-bond donors (Lipinski definition) is 1. The fraction of sp³-hybridized carbons (Fsp3) is 0.0476. The van der Waals surface area contributed by atoms with Gasteiger partial charge in [0, 0.05) is 22.0 Å². The summed E-state index contributed by atoms with van der Waals surface area (Å²) in [4.78, 5) is 12.1. The number of benzene rings is 3. The molecular weight excluding hydrogens is 483 g/mol. The number of fused-ring (bicyclic) bond motifs is 1. The van der Waals surface area contributed by atoms with Crippen LogP contribution >= 0.6 is 23.2 Å². The van der Waals surface area contributed by atoms with Crippen LogP contribution in [0.3, 0.4) is 0 Å². The van der Waals surface area contributed by atoms with Crippen LogP contribution < -0.4 is 4.72 Å². The topological polar surface area (TPSA) is 81.1 Å². The summed E-state index contributed by atoms with van der Waals surface area (Å²) in [6.45, 7) is 0. The molecule has 6 nitrogen and oxygen atoms in total. The molecule has 0 aliphatic carbocycles. The number of nitrogens with one attached hydrogen (secondary N) is 1. The van der Waals surface area contributed by atoms with Crippen molar-refractivity contribution in [2.45, 2.75) is 0 Å². The lowest BCUT2D eigenvalue weighted by molar-refractivity contribution is 0.0978. The lowest BCUT2D eigenvalue weighted by Gasteiger charge is -2.10. The molecule has 0 aliphatic heterocycles. The number of halogens is 4. The van der Waals surface area contributed by atoms with Crippen LogP contribution in [-0.4, -0.2) is 30.4 Å². The molecule has 0 fully saturated rings. The third-order valence-electron chi connectivity index (χ3n) is 4.55. The van der Waals surface area contributed by atoms with Gasteiger partial charge in [0.25, 0.3) is 5.91 Å². The molecular formula is C21H13Cl2F2N3O3S. The molecule has 32 heavy (non-hydrogen) atoms. The average molecular weight is 496 g/mol. The van der Waals surface area contributed by atoms with Gasteiger partial charge in [-0.2, -0.15) is 5.10 Å². The number of aromatic nitrogens is 2. The van der Waals surface area contributed by atoms with Crippen molar-refractivity contribution in [2.75, 3.05) is 6.26 Å². The number of sulfonamides is 1. The first-order chi connectivity index (χ1) is 15.0. The average Bonchev–Trinajstić information content (AvgIpc) is 3.07. The molecule has 0 unspecified atom stereocenters. The van der Waals surface area contributed by atoms with E-state index in [-0.39, 0.29) is 10.7 Å². The maximum absolute atomic E-state index is 14.8. The van der Waals surface area contributed by atoms with E-state index in [1.807, 2.05) is 0 Å². The Morgan fingerprint density at radius 3 is 2.38 bits per heavy atom. The van der Waals surface area contributed by atoms with Crippen molar-refractivity contribution in [1.82, 2.24) is 14.5 Å². The van der Waals surface area contributed by atoms with Crippen LogP contribution in [0, 0.1) is 11.6 Å². The maximum Gasteiger partial charge on any atom is 0.267 e. The summed E-state index contributed by atoms with van der Waals surface area (Å²) in [5.74, 6) is -2.56. The first-order valence-corrected chi connectivity index (χ1v) is 11.6. The van der Waals surface area contributed by atoms with E-state index in [0.29, 0.717) is 27.2 Å². The van der Waals surface area contributed by atoms with Gasteiger partial charge < -0.3 is 0 Å². The lowest BCUT2D eigenvalue weighted by Crippen LogP contribution is -2.30. The van der Waals surface area contributed by atoms with Crippen LogP contribution in [0.2, 0.25) is 10.0 Å². The predicted octanol–water partition coefficient (Wildman–Crippen LogP) is 4.97. The Labute approximate surface area is 191 Å².